The first kappa shape index (κ1) is 14.3. The quantitative estimate of drug-likeness (QED) is 0.838. The van der Waals surface area contributed by atoms with Gasteiger partial charge in [0.1, 0.15) is 0 Å². The zero-order valence-corrected chi connectivity index (χ0v) is 12.3. The van der Waals surface area contributed by atoms with Gasteiger partial charge in [-0.25, -0.2) is 0 Å². The Bertz CT molecular complexity index is 560. The van der Waals surface area contributed by atoms with Crippen molar-refractivity contribution in [3.63, 3.8) is 0 Å². The van der Waals surface area contributed by atoms with Crippen LogP contribution in [0, 0.1) is 0 Å². The van der Waals surface area contributed by atoms with E-state index in [2.05, 4.69) is 12.0 Å². The van der Waals surface area contributed by atoms with Gasteiger partial charge in [0.2, 0.25) is 5.91 Å². The minimum Gasteiger partial charge on any atom is -0.349 e. The van der Waals surface area contributed by atoms with Crippen LogP contribution < -0.4 is 0 Å². The lowest BCUT2D eigenvalue weighted by molar-refractivity contribution is -0.129. The van der Waals surface area contributed by atoms with Crippen LogP contribution in [0.5, 0.6) is 0 Å². The molecule has 2 rings (SSSR count). The Morgan fingerprint density at radius 1 is 1.25 bits per heavy atom. The average Bonchev–Trinajstić information content (AvgIpc) is 2.95. The third-order valence-electron chi connectivity index (χ3n) is 3.43. The van der Waals surface area contributed by atoms with E-state index in [0.29, 0.717) is 6.42 Å². The third kappa shape index (κ3) is 3.26. The Morgan fingerprint density at radius 3 is 2.55 bits per heavy atom. The molecule has 1 atom stereocenters. The van der Waals surface area contributed by atoms with Crippen molar-refractivity contribution in [3.8, 4) is 11.3 Å². The van der Waals surface area contributed by atoms with Crippen LogP contribution in [0.3, 0.4) is 0 Å². The van der Waals surface area contributed by atoms with Gasteiger partial charge in [0.15, 0.2) is 0 Å². The molecular weight excluding hydrogens is 250 g/mol. The highest BCUT2D eigenvalue weighted by Crippen LogP contribution is 2.21. The molecule has 4 heteroatoms. The number of hydrogen-bond donors (Lipinski definition) is 0. The van der Waals surface area contributed by atoms with E-state index in [4.69, 9.17) is 0 Å². The fraction of sp³-hybridized carbons (Fsp3) is 0.375. The molecular formula is C16H21N3O. The van der Waals surface area contributed by atoms with Crippen molar-refractivity contribution in [1.82, 2.24) is 14.7 Å². The van der Waals surface area contributed by atoms with Crippen LogP contribution in [0.1, 0.15) is 25.8 Å². The van der Waals surface area contributed by atoms with Gasteiger partial charge in [0.05, 0.1) is 11.7 Å². The van der Waals surface area contributed by atoms with Gasteiger partial charge >= 0.3 is 0 Å². The fourth-order valence-corrected chi connectivity index (χ4v) is 2.11. The van der Waals surface area contributed by atoms with Gasteiger partial charge in [-0.15, -0.1) is 0 Å². The highest BCUT2D eigenvalue weighted by Gasteiger charge is 2.16. The molecule has 0 aliphatic carbocycles. The molecule has 0 aliphatic rings. The first-order chi connectivity index (χ1) is 9.61. The minimum absolute atomic E-state index is 0.113. The van der Waals surface area contributed by atoms with Gasteiger partial charge in [0.25, 0.3) is 0 Å². The van der Waals surface area contributed by atoms with E-state index in [9.17, 15) is 4.79 Å². The van der Waals surface area contributed by atoms with Crippen molar-refractivity contribution in [2.75, 3.05) is 14.1 Å². The largest absolute Gasteiger partial charge is 0.349 e. The SMILES string of the molecule is CCC(CC(=O)N(C)C)n1ccc(-c2ccccc2)n1. The number of carbonyl (C=O) groups excluding carboxylic acids is 1. The van der Waals surface area contributed by atoms with E-state index in [1.165, 1.54) is 0 Å². The van der Waals surface area contributed by atoms with Crippen molar-refractivity contribution in [2.24, 2.45) is 0 Å². The summed E-state index contributed by atoms with van der Waals surface area (Å²) in [6.07, 6.45) is 3.33. The molecule has 2 aromatic rings. The van der Waals surface area contributed by atoms with Gasteiger partial charge in [-0.2, -0.15) is 5.10 Å². The molecule has 0 bridgehead atoms. The van der Waals surface area contributed by atoms with E-state index in [1.54, 1.807) is 19.0 Å². The molecule has 4 nitrogen and oxygen atoms in total. The molecule has 0 saturated carbocycles. The molecule has 1 heterocycles. The number of aromatic nitrogens is 2. The first-order valence-electron chi connectivity index (χ1n) is 6.92. The third-order valence-corrected chi connectivity index (χ3v) is 3.43. The Kier molecular flexibility index (Phi) is 4.56. The maximum atomic E-state index is 11.8. The molecule has 20 heavy (non-hydrogen) atoms. The van der Waals surface area contributed by atoms with Crippen molar-refractivity contribution in [3.05, 3.63) is 42.6 Å². The zero-order valence-electron chi connectivity index (χ0n) is 12.3. The molecule has 0 spiro atoms. The fourth-order valence-electron chi connectivity index (χ4n) is 2.11. The predicted molar refractivity (Wildman–Crippen MR) is 80.3 cm³/mol. The van der Waals surface area contributed by atoms with Gasteiger partial charge in [-0.05, 0) is 12.5 Å². The molecule has 1 aromatic heterocycles. The van der Waals surface area contributed by atoms with Crippen molar-refractivity contribution in [1.29, 1.82) is 0 Å². The zero-order chi connectivity index (χ0) is 14.5. The Balaban J connectivity index is 2.16. The summed E-state index contributed by atoms with van der Waals surface area (Å²) in [6.45, 7) is 2.08. The van der Waals surface area contributed by atoms with Gasteiger partial charge in [-0.3, -0.25) is 9.48 Å². The van der Waals surface area contributed by atoms with Crippen LogP contribution in [0.25, 0.3) is 11.3 Å². The Hall–Kier alpha value is -2.10. The molecule has 0 saturated heterocycles. The summed E-state index contributed by atoms with van der Waals surface area (Å²) in [5, 5.41) is 4.61. The van der Waals surface area contributed by atoms with Crippen molar-refractivity contribution >= 4 is 5.91 Å². The minimum atomic E-state index is 0.113. The van der Waals surface area contributed by atoms with Crippen LogP contribution in [-0.2, 0) is 4.79 Å². The maximum Gasteiger partial charge on any atom is 0.224 e. The van der Waals surface area contributed by atoms with Crippen LogP contribution in [0.15, 0.2) is 42.6 Å². The molecule has 0 fully saturated rings. The summed E-state index contributed by atoms with van der Waals surface area (Å²) in [7, 11) is 3.57. The number of carbonyl (C=O) groups is 1. The number of hydrogen-bond acceptors (Lipinski definition) is 2. The molecule has 0 aliphatic heterocycles. The molecule has 0 N–H and O–H groups in total. The lowest BCUT2D eigenvalue weighted by Crippen LogP contribution is -2.25. The smallest absolute Gasteiger partial charge is 0.224 e. The van der Waals surface area contributed by atoms with Crippen molar-refractivity contribution in [2.45, 2.75) is 25.8 Å². The van der Waals surface area contributed by atoms with E-state index in [1.807, 2.05) is 47.3 Å². The first-order valence-corrected chi connectivity index (χ1v) is 6.92. The number of benzene rings is 1. The van der Waals surface area contributed by atoms with Crippen LogP contribution >= 0.6 is 0 Å². The van der Waals surface area contributed by atoms with E-state index >= 15 is 0 Å². The summed E-state index contributed by atoms with van der Waals surface area (Å²) in [5.74, 6) is 0.133. The molecule has 1 aromatic carbocycles. The average molecular weight is 271 g/mol. The number of nitrogens with zero attached hydrogens (tertiary/aromatic N) is 3. The highest BCUT2D eigenvalue weighted by molar-refractivity contribution is 5.76. The predicted octanol–water partition coefficient (Wildman–Crippen LogP) is 2.98. The summed E-state index contributed by atoms with van der Waals surface area (Å²) in [4.78, 5) is 13.5. The molecule has 1 unspecified atom stereocenters. The van der Waals surface area contributed by atoms with E-state index in [-0.39, 0.29) is 11.9 Å². The topological polar surface area (TPSA) is 38.1 Å². The van der Waals surface area contributed by atoms with E-state index in [0.717, 1.165) is 17.7 Å². The second-order valence-electron chi connectivity index (χ2n) is 5.10. The molecule has 1 amide bonds. The number of rotatable bonds is 5. The van der Waals surface area contributed by atoms with Crippen LogP contribution in [0.4, 0.5) is 0 Å². The normalized spacial score (nSPS) is 12.2. The van der Waals surface area contributed by atoms with Gasteiger partial charge < -0.3 is 4.90 Å². The summed E-state index contributed by atoms with van der Waals surface area (Å²) >= 11 is 0. The van der Waals surface area contributed by atoms with E-state index < -0.39 is 0 Å². The summed E-state index contributed by atoms with van der Waals surface area (Å²) < 4.78 is 1.91. The molecule has 106 valence electrons. The second-order valence-corrected chi connectivity index (χ2v) is 5.10. The van der Waals surface area contributed by atoms with Crippen molar-refractivity contribution < 1.29 is 4.79 Å². The van der Waals surface area contributed by atoms with Crippen LogP contribution in [0.2, 0.25) is 0 Å². The lowest BCUT2D eigenvalue weighted by Gasteiger charge is -2.18. The van der Waals surface area contributed by atoms with Gasteiger partial charge in [0, 0.05) is 32.3 Å². The second kappa shape index (κ2) is 6.37. The number of amides is 1. The monoisotopic (exact) mass is 271 g/mol. The Labute approximate surface area is 120 Å². The maximum absolute atomic E-state index is 11.8. The summed E-state index contributed by atoms with van der Waals surface area (Å²) in [5.41, 5.74) is 2.04. The lowest BCUT2D eigenvalue weighted by atomic mass is 10.1. The van der Waals surface area contributed by atoms with Gasteiger partial charge in [-0.1, -0.05) is 37.3 Å². The standard InChI is InChI=1S/C16H21N3O/c1-4-14(12-16(20)18(2)3)19-11-10-15(17-19)13-8-6-5-7-9-13/h5-11,14H,4,12H2,1-3H3. The Morgan fingerprint density at radius 2 is 1.95 bits per heavy atom. The molecule has 0 radical (unpaired) electrons. The summed E-state index contributed by atoms with van der Waals surface area (Å²) in [6, 6.07) is 12.2. The van der Waals surface area contributed by atoms with Crippen LogP contribution in [-0.4, -0.2) is 34.7 Å². The highest BCUT2D eigenvalue weighted by atomic mass is 16.2.